The zero-order chi connectivity index (χ0) is 19.1. The Bertz CT molecular complexity index is 876. The second kappa shape index (κ2) is 9.18. The van der Waals surface area contributed by atoms with Crippen LogP contribution in [0.2, 0.25) is 0 Å². The third kappa shape index (κ3) is 5.07. The highest BCUT2D eigenvalue weighted by Crippen LogP contribution is 2.31. The molecule has 7 nitrogen and oxygen atoms in total. The number of rotatable bonds is 9. The van der Waals surface area contributed by atoms with Gasteiger partial charge in [-0.15, -0.1) is 11.3 Å². The van der Waals surface area contributed by atoms with E-state index in [0.717, 1.165) is 12.8 Å². The van der Waals surface area contributed by atoms with E-state index in [1.165, 1.54) is 4.88 Å². The molecule has 0 amide bonds. The van der Waals surface area contributed by atoms with Crippen molar-refractivity contribution in [3.05, 3.63) is 46.5 Å². The molecule has 27 heavy (non-hydrogen) atoms. The molecule has 2 aromatic heterocycles. The Balaban J connectivity index is 1.52. The van der Waals surface area contributed by atoms with Gasteiger partial charge in [0.15, 0.2) is 6.61 Å². The van der Waals surface area contributed by atoms with Crippen LogP contribution in [0.15, 0.2) is 40.2 Å². The lowest BCUT2D eigenvalue weighted by Gasteiger charge is -2.07. The number of aromatic nitrogens is 2. The number of ether oxygens (including phenoxy) is 3. The number of nitrogens with zero attached hydrogens (tertiary/aromatic N) is 2. The van der Waals surface area contributed by atoms with Gasteiger partial charge in [0.2, 0.25) is 5.82 Å². The number of carbonyl (C=O) groups excluding carboxylic acids is 1. The minimum atomic E-state index is -0.284. The Hall–Kier alpha value is -2.87. The first-order chi connectivity index (χ1) is 13.2. The molecule has 0 fully saturated rings. The first kappa shape index (κ1) is 18.9. The zero-order valence-electron chi connectivity index (χ0n) is 15.1. The molecule has 0 spiro atoms. The van der Waals surface area contributed by atoms with E-state index in [1.54, 1.807) is 43.8 Å². The third-order valence-electron chi connectivity index (χ3n) is 3.86. The maximum absolute atomic E-state index is 11.9. The van der Waals surface area contributed by atoms with Crippen LogP contribution >= 0.6 is 11.3 Å². The van der Waals surface area contributed by atoms with Crippen LogP contribution in [0.1, 0.15) is 23.6 Å². The maximum Gasteiger partial charge on any atom is 0.306 e. The molecule has 0 N–H and O–H groups in total. The van der Waals surface area contributed by atoms with Crippen molar-refractivity contribution >= 4 is 17.3 Å². The number of carbonyl (C=O) groups is 1. The van der Waals surface area contributed by atoms with Crippen molar-refractivity contribution in [2.45, 2.75) is 25.9 Å². The first-order valence-electron chi connectivity index (χ1n) is 8.42. The Labute approximate surface area is 160 Å². The fourth-order valence-corrected chi connectivity index (χ4v) is 3.23. The zero-order valence-corrected chi connectivity index (χ0v) is 16.0. The summed E-state index contributed by atoms with van der Waals surface area (Å²) in [5.41, 5.74) is 0.663. The highest BCUT2D eigenvalue weighted by Gasteiger charge is 2.15. The SMILES string of the molecule is COc1ccc(-c2noc(COC(=O)CCCc3cccs3)n2)c(OC)c1. The Morgan fingerprint density at radius 2 is 2.11 bits per heavy atom. The summed E-state index contributed by atoms with van der Waals surface area (Å²) >= 11 is 1.69. The Morgan fingerprint density at radius 3 is 2.85 bits per heavy atom. The third-order valence-corrected chi connectivity index (χ3v) is 4.79. The highest BCUT2D eigenvalue weighted by atomic mass is 32.1. The predicted octanol–water partition coefficient (Wildman–Crippen LogP) is 3.88. The average Bonchev–Trinajstić information content (AvgIpc) is 3.38. The van der Waals surface area contributed by atoms with E-state index in [2.05, 4.69) is 16.2 Å². The van der Waals surface area contributed by atoms with Gasteiger partial charge in [0.1, 0.15) is 11.5 Å². The van der Waals surface area contributed by atoms with Gasteiger partial charge in [-0.3, -0.25) is 4.79 Å². The minimum Gasteiger partial charge on any atom is -0.497 e. The van der Waals surface area contributed by atoms with Crippen molar-refractivity contribution in [2.24, 2.45) is 0 Å². The van der Waals surface area contributed by atoms with E-state index >= 15 is 0 Å². The summed E-state index contributed by atoms with van der Waals surface area (Å²) in [6.07, 6.45) is 1.97. The number of hydrogen-bond acceptors (Lipinski definition) is 8. The fourth-order valence-electron chi connectivity index (χ4n) is 2.48. The number of aryl methyl sites for hydroxylation is 1. The molecule has 0 aliphatic rings. The lowest BCUT2D eigenvalue weighted by atomic mass is 10.2. The normalized spacial score (nSPS) is 10.6. The molecule has 0 unspecified atom stereocenters. The van der Waals surface area contributed by atoms with E-state index in [1.807, 2.05) is 11.4 Å². The smallest absolute Gasteiger partial charge is 0.306 e. The number of hydrogen-bond donors (Lipinski definition) is 0. The quantitative estimate of drug-likeness (QED) is 0.514. The van der Waals surface area contributed by atoms with Crippen LogP contribution in [0, 0.1) is 0 Å². The standard InChI is InChI=1S/C19H20N2O5S/c1-23-13-8-9-15(16(11-13)24-2)19-20-17(26-21-19)12-25-18(22)7-3-5-14-6-4-10-27-14/h4,6,8-11H,3,5,7,12H2,1-2H3. The molecule has 0 atom stereocenters. The van der Waals surface area contributed by atoms with Gasteiger partial charge in [-0.05, 0) is 36.4 Å². The van der Waals surface area contributed by atoms with Crippen molar-refractivity contribution < 1.29 is 23.5 Å². The average molecular weight is 388 g/mol. The lowest BCUT2D eigenvalue weighted by Crippen LogP contribution is -2.05. The topological polar surface area (TPSA) is 83.7 Å². The van der Waals surface area contributed by atoms with Crippen LogP contribution < -0.4 is 9.47 Å². The van der Waals surface area contributed by atoms with E-state index in [9.17, 15) is 4.79 Å². The largest absolute Gasteiger partial charge is 0.497 e. The summed E-state index contributed by atoms with van der Waals surface area (Å²) < 4.78 is 20.9. The first-order valence-corrected chi connectivity index (χ1v) is 9.30. The Morgan fingerprint density at radius 1 is 1.22 bits per heavy atom. The van der Waals surface area contributed by atoms with Crippen LogP contribution in [0.25, 0.3) is 11.4 Å². The molecule has 0 radical (unpaired) electrons. The summed E-state index contributed by atoms with van der Waals surface area (Å²) in [6, 6.07) is 9.36. The number of methoxy groups -OCH3 is 2. The van der Waals surface area contributed by atoms with E-state index < -0.39 is 0 Å². The number of thiophene rings is 1. The molecule has 142 valence electrons. The van der Waals surface area contributed by atoms with Crippen LogP contribution in [-0.4, -0.2) is 30.3 Å². The molecule has 0 saturated heterocycles. The van der Waals surface area contributed by atoms with E-state index in [0.29, 0.717) is 29.3 Å². The number of esters is 1. The van der Waals surface area contributed by atoms with Gasteiger partial charge in [-0.25, -0.2) is 0 Å². The van der Waals surface area contributed by atoms with Crippen molar-refractivity contribution in [2.75, 3.05) is 14.2 Å². The molecule has 0 aliphatic carbocycles. The van der Waals surface area contributed by atoms with Gasteiger partial charge < -0.3 is 18.7 Å². The molecule has 3 rings (SSSR count). The van der Waals surface area contributed by atoms with Gasteiger partial charge in [0.25, 0.3) is 5.89 Å². The fraction of sp³-hybridized carbons (Fsp3) is 0.316. The predicted molar refractivity (Wildman–Crippen MR) is 99.9 cm³/mol. The van der Waals surface area contributed by atoms with Crippen molar-refractivity contribution in [1.29, 1.82) is 0 Å². The van der Waals surface area contributed by atoms with Crippen molar-refractivity contribution in [3.63, 3.8) is 0 Å². The van der Waals surface area contributed by atoms with Crippen molar-refractivity contribution in [1.82, 2.24) is 10.1 Å². The van der Waals surface area contributed by atoms with Crippen molar-refractivity contribution in [3.8, 4) is 22.9 Å². The van der Waals surface area contributed by atoms with Gasteiger partial charge >= 0.3 is 5.97 Å². The highest BCUT2D eigenvalue weighted by molar-refractivity contribution is 7.09. The molecule has 0 aliphatic heterocycles. The monoisotopic (exact) mass is 388 g/mol. The molecule has 0 bridgehead atoms. The Kier molecular flexibility index (Phi) is 6.43. The van der Waals surface area contributed by atoms with Crippen LogP contribution in [0.5, 0.6) is 11.5 Å². The minimum absolute atomic E-state index is 0.0523. The molecule has 0 saturated carbocycles. The van der Waals surface area contributed by atoms with Gasteiger partial charge in [-0.1, -0.05) is 11.2 Å². The summed E-state index contributed by atoms with van der Waals surface area (Å²) in [7, 11) is 3.13. The van der Waals surface area contributed by atoms with Gasteiger partial charge in [0.05, 0.1) is 19.8 Å². The molecular formula is C19H20N2O5S. The summed E-state index contributed by atoms with van der Waals surface area (Å²) in [5, 5.41) is 5.95. The second-order valence-electron chi connectivity index (χ2n) is 5.67. The summed E-state index contributed by atoms with van der Waals surface area (Å²) in [6.45, 7) is -0.0523. The van der Waals surface area contributed by atoms with Crippen LogP contribution in [0.4, 0.5) is 0 Å². The van der Waals surface area contributed by atoms with E-state index in [4.69, 9.17) is 18.7 Å². The van der Waals surface area contributed by atoms with E-state index in [-0.39, 0.29) is 18.5 Å². The second-order valence-corrected chi connectivity index (χ2v) is 6.70. The molecule has 3 aromatic rings. The molecule has 1 aromatic carbocycles. The van der Waals surface area contributed by atoms with Gasteiger partial charge in [-0.2, -0.15) is 4.98 Å². The summed E-state index contributed by atoms with van der Waals surface area (Å²) in [5.74, 6) is 1.53. The lowest BCUT2D eigenvalue weighted by molar-refractivity contribution is -0.145. The molecular weight excluding hydrogens is 368 g/mol. The maximum atomic E-state index is 11.9. The van der Waals surface area contributed by atoms with Crippen LogP contribution in [0.3, 0.4) is 0 Å². The van der Waals surface area contributed by atoms with Gasteiger partial charge in [0, 0.05) is 17.4 Å². The number of benzene rings is 1. The van der Waals surface area contributed by atoms with Crippen LogP contribution in [-0.2, 0) is 22.6 Å². The molecule has 2 heterocycles. The summed E-state index contributed by atoms with van der Waals surface area (Å²) in [4.78, 5) is 17.4. The molecule has 8 heteroatoms.